The molecule has 2 rings (SSSR count). The summed E-state index contributed by atoms with van der Waals surface area (Å²) in [6.45, 7) is 6.85. The van der Waals surface area contributed by atoms with Gasteiger partial charge in [-0.25, -0.2) is 0 Å². The molecule has 18 heavy (non-hydrogen) atoms. The SMILES string of the molecule is CCNC1CCC(N2C(=O)CC(C)(C)C2=O)CC1. The first-order chi connectivity index (χ1) is 8.45. The third kappa shape index (κ3) is 2.44. The van der Waals surface area contributed by atoms with Crippen molar-refractivity contribution in [1.82, 2.24) is 10.2 Å². The highest BCUT2D eigenvalue weighted by Gasteiger charge is 2.47. The van der Waals surface area contributed by atoms with E-state index in [9.17, 15) is 9.59 Å². The number of nitrogens with one attached hydrogen (secondary N) is 1. The predicted octanol–water partition coefficient (Wildman–Crippen LogP) is 1.69. The lowest BCUT2D eigenvalue weighted by Gasteiger charge is -2.34. The minimum Gasteiger partial charge on any atom is -0.314 e. The molecule has 4 heteroatoms. The summed E-state index contributed by atoms with van der Waals surface area (Å²) in [5.41, 5.74) is -0.490. The van der Waals surface area contributed by atoms with Gasteiger partial charge in [0.25, 0.3) is 0 Å². The number of nitrogens with zero attached hydrogens (tertiary/aromatic N) is 1. The number of carbonyl (C=O) groups excluding carboxylic acids is 2. The molecule has 1 heterocycles. The molecular formula is C14H24N2O2. The Morgan fingerprint density at radius 2 is 1.83 bits per heavy atom. The van der Waals surface area contributed by atoms with Crippen LogP contribution < -0.4 is 5.32 Å². The second-order valence-electron chi connectivity index (χ2n) is 6.19. The molecule has 2 amide bonds. The molecule has 1 N–H and O–H groups in total. The number of hydrogen-bond acceptors (Lipinski definition) is 3. The van der Waals surface area contributed by atoms with Crippen molar-refractivity contribution >= 4 is 11.8 Å². The van der Waals surface area contributed by atoms with Crippen LogP contribution in [-0.2, 0) is 9.59 Å². The van der Waals surface area contributed by atoms with Gasteiger partial charge < -0.3 is 5.32 Å². The smallest absolute Gasteiger partial charge is 0.235 e. The monoisotopic (exact) mass is 252 g/mol. The Bertz CT molecular complexity index is 344. The molecule has 0 aromatic rings. The highest BCUT2D eigenvalue weighted by molar-refractivity contribution is 6.05. The van der Waals surface area contributed by atoms with Gasteiger partial charge in [-0.15, -0.1) is 0 Å². The minimum absolute atomic E-state index is 0.0249. The van der Waals surface area contributed by atoms with E-state index in [1.165, 1.54) is 0 Å². The zero-order chi connectivity index (χ0) is 13.3. The number of imide groups is 1. The van der Waals surface area contributed by atoms with Gasteiger partial charge in [-0.1, -0.05) is 20.8 Å². The topological polar surface area (TPSA) is 49.4 Å². The maximum atomic E-state index is 12.2. The van der Waals surface area contributed by atoms with Crippen molar-refractivity contribution in [3.63, 3.8) is 0 Å². The predicted molar refractivity (Wildman–Crippen MR) is 70.0 cm³/mol. The minimum atomic E-state index is -0.490. The summed E-state index contributed by atoms with van der Waals surface area (Å²) < 4.78 is 0. The lowest BCUT2D eigenvalue weighted by Crippen LogP contribution is -2.46. The van der Waals surface area contributed by atoms with Crippen molar-refractivity contribution in [1.29, 1.82) is 0 Å². The zero-order valence-electron chi connectivity index (χ0n) is 11.7. The Kier molecular flexibility index (Phi) is 3.76. The van der Waals surface area contributed by atoms with E-state index in [1.807, 2.05) is 13.8 Å². The van der Waals surface area contributed by atoms with Gasteiger partial charge in [0.15, 0.2) is 0 Å². The van der Waals surface area contributed by atoms with Gasteiger partial charge >= 0.3 is 0 Å². The van der Waals surface area contributed by atoms with Crippen LogP contribution in [0.4, 0.5) is 0 Å². The molecule has 4 nitrogen and oxygen atoms in total. The first kappa shape index (κ1) is 13.5. The van der Waals surface area contributed by atoms with Crippen LogP contribution in [0.5, 0.6) is 0 Å². The van der Waals surface area contributed by atoms with Crippen LogP contribution in [0.3, 0.4) is 0 Å². The molecule has 102 valence electrons. The van der Waals surface area contributed by atoms with E-state index in [1.54, 1.807) is 4.90 Å². The van der Waals surface area contributed by atoms with Gasteiger partial charge in [0.2, 0.25) is 11.8 Å². The van der Waals surface area contributed by atoms with Crippen LogP contribution in [0.2, 0.25) is 0 Å². The van der Waals surface area contributed by atoms with Crippen molar-refractivity contribution in [3.8, 4) is 0 Å². The second kappa shape index (κ2) is 5.00. The first-order valence-corrected chi connectivity index (χ1v) is 7.05. The molecule has 2 fully saturated rings. The van der Waals surface area contributed by atoms with Gasteiger partial charge in [-0.3, -0.25) is 14.5 Å². The summed E-state index contributed by atoms with van der Waals surface area (Å²) in [5, 5.41) is 3.45. The summed E-state index contributed by atoms with van der Waals surface area (Å²) in [6.07, 6.45) is 4.40. The molecule has 0 aromatic carbocycles. The molecule has 2 aliphatic rings. The number of carbonyl (C=O) groups is 2. The fourth-order valence-electron chi connectivity index (χ4n) is 3.17. The Labute approximate surface area is 109 Å². The zero-order valence-corrected chi connectivity index (χ0v) is 11.7. The quantitative estimate of drug-likeness (QED) is 0.778. The fraction of sp³-hybridized carbons (Fsp3) is 0.857. The summed E-state index contributed by atoms with van der Waals surface area (Å²) >= 11 is 0. The molecule has 0 bridgehead atoms. The van der Waals surface area contributed by atoms with Crippen LogP contribution in [0.15, 0.2) is 0 Å². The van der Waals surface area contributed by atoms with Crippen molar-refractivity contribution in [3.05, 3.63) is 0 Å². The van der Waals surface area contributed by atoms with Gasteiger partial charge in [0, 0.05) is 18.5 Å². The van der Waals surface area contributed by atoms with Gasteiger partial charge in [0.05, 0.1) is 5.41 Å². The van der Waals surface area contributed by atoms with E-state index < -0.39 is 5.41 Å². The van der Waals surface area contributed by atoms with Gasteiger partial charge in [0.1, 0.15) is 0 Å². The molecule has 1 aliphatic carbocycles. The molecule has 0 radical (unpaired) electrons. The average Bonchev–Trinajstić information content (AvgIpc) is 2.50. The molecule has 0 spiro atoms. The normalized spacial score (nSPS) is 32.1. The van der Waals surface area contributed by atoms with Crippen LogP contribution >= 0.6 is 0 Å². The molecule has 0 aromatic heterocycles. The molecule has 1 saturated heterocycles. The molecular weight excluding hydrogens is 228 g/mol. The van der Waals surface area contributed by atoms with Gasteiger partial charge in [-0.2, -0.15) is 0 Å². The third-order valence-corrected chi connectivity index (χ3v) is 4.21. The molecule has 1 saturated carbocycles. The van der Waals surface area contributed by atoms with E-state index in [-0.39, 0.29) is 17.9 Å². The lowest BCUT2D eigenvalue weighted by atomic mass is 9.89. The Morgan fingerprint density at radius 3 is 2.28 bits per heavy atom. The Hall–Kier alpha value is -0.900. The third-order valence-electron chi connectivity index (χ3n) is 4.21. The lowest BCUT2D eigenvalue weighted by molar-refractivity contribution is -0.144. The largest absolute Gasteiger partial charge is 0.314 e. The standard InChI is InChI=1S/C14H24N2O2/c1-4-15-10-5-7-11(8-6-10)16-12(17)9-14(2,3)13(16)18/h10-11,15H,4-9H2,1-3H3. The summed E-state index contributed by atoms with van der Waals surface area (Å²) in [4.78, 5) is 25.8. The highest BCUT2D eigenvalue weighted by atomic mass is 16.2. The summed E-state index contributed by atoms with van der Waals surface area (Å²) in [5.74, 6) is 0.0521. The maximum absolute atomic E-state index is 12.2. The maximum Gasteiger partial charge on any atom is 0.235 e. The van der Waals surface area contributed by atoms with E-state index in [4.69, 9.17) is 0 Å². The van der Waals surface area contributed by atoms with Crippen molar-refractivity contribution in [2.24, 2.45) is 5.41 Å². The summed E-state index contributed by atoms with van der Waals surface area (Å²) in [6, 6.07) is 0.703. The first-order valence-electron chi connectivity index (χ1n) is 7.05. The van der Waals surface area contributed by atoms with Crippen LogP contribution in [-0.4, -0.2) is 35.3 Å². The summed E-state index contributed by atoms with van der Waals surface area (Å²) in [7, 11) is 0. The van der Waals surface area contributed by atoms with E-state index in [0.717, 1.165) is 32.2 Å². The van der Waals surface area contributed by atoms with E-state index in [0.29, 0.717) is 12.5 Å². The van der Waals surface area contributed by atoms with Crippen molar-refractivity contribution in [2.75, 3.05) is 6.54 Å². The van der Waals surface area contributed by atoms with Crippen LogP contribution in [0, 0.1) is 5.41 Å². The Morgan fingerprint density at radius 1 is 1.22 bits per heavy atom. The molecule has 1 aliphatic heterocycles. The van der Waals surface area contributed by atoms with Gasteiger partial charge in [-0.05, 0) is 32.2 Å². The second-order valence-corrected chi connectivity index (χ2v) is 6.19. The number of rotatable bonds is 3. The van der Waals surface area contributed by atoms with E-state index in [2.05, 4.69) is 12.2 Å². The number of likely N-dealkylation sites (tertiary alicyclic amines) is 1. The number of amides is 2. The van der Waals surface area contributed by atoms with E-state index >= 15 is 0 Å². The van der Waals surface area contributed by atoms with Crippen molar-refractivity contribution < 1.29 is 9.59 Å². The molecule has 0 unspecified atom stereocenters. The molecule has 0 atom stereocenters. The fourth-order valence-corrected chi connectivity index (χ4v) is 3.17. The van der Waals surface area contributed by atoms with Crippen molar-refractivity contribution in [2.45, 2.75) is 65.0 Å². The average molecular weight is 252 g/mol. The van der Waals surface area contributed by atoms with Crippen LogP contribution in [0.1, 0.15) is 52.9 Å². The van der Waals surface area contributed by atoms with Crippen LogP contribution in [0.25, 0.3) is 0 Å². The number of hydrogen-bond donors (Lipinski definition) is 1. The highest BCUT2D eigenvalue weighted by Crippen LogP contribution is 2.36. The Balaban J connectivity index is 1.98.